The number of rotatable bonds is 13. The zero-order valence-electron chi connectivity index (χ0n) is 16.6. The van der Waals surface area contributed by atoms with Crippen LogP contribution in [0.4, 0.5) is 4.39 Å². The van der Waals surface area contributed by atoms with E-state index in [1.807, 2.05) is 6.92 Å². The van der Waals surface area contributed by atoms with E-state index >= 15 is 0 Å². The summed E-state index contributed by atoms with van der Waals surface area (Å²) in [5.74, 6) is -0.350. The molecule has 1 amide bonds. The number of amides is 1. The number of alkyl halides is 1. The lowest BCUT2D eigenvalue weighted by atomic mass is 10.0. The molecular formula is C18H34FNO8S. The standard InChI is InChI=1S/C18H34FNO8S/c1-2-3-4-5-13(23)20-10(14(24)11(22)6-7-19)9-29-18-17(27)16(26)15(25)12(8-21)28-18/h10-12,14-18,21-22,24-27H,2-9H2,1H3,(H,20,23). The normalized spacial score (nSPS) is 30.6. The van der Waals surface area contributed by atoms with Crippen LogP contribution in [0.1, 0.15) is 39.0 Å². The fourth-order valence-electron chi connectivity index (χ4n) is 2.99. The van der Waals surface area contributed by atoms with Gasteiger partial charge in [0.15, 0.2) is 0 Å². The highest BCUT2D eigenvalue weighted by Gasteiger charge is 2.44. The number of carbonyl (C=O) groups is 1. The summed E-state index contributed by atoms with van der Waals surface area (Å²) in [6.45, 7) is 0.585. The fraction of sp³-hybridized carbons (Fsp3) is 0.944. The van der Waals surface area contributed by atoms with Gasteiger partial charge in [-0.2, -0.15) is 0 Å². The molecule has 1 saturated heterocycles. The van der Waals surface area contributed by atoms with E-state index in [1.165, 1.54) is 0 Å². The highest BCUT2D eigenvalue weighted by atomic mass is 32.2. The van der Waals surface area contributed by atoms with Crippen molar-refractivity contribution in [3.63, 3.8) is 0 Å². The number of hydrogen-bond donors (Lipinski definition) is 7. The maximum Gasteiger partial charge on any atom is 0.220 e. The minimum atomic E-state index is -1.54. The van der Waals surface area contributed by atoms with Gasteiger partial charge in [0.1, 0.15) is 36.0 Å². The van der Waals surface area contributed by atoms with Crippen LogP contribution in [0.2, 0.25) is 0 Å². The lowest BCUT2D eigenvalue weighted by molar-refractivity contribution is -0.205. The summed E-state index contributed by atoms with van der Waals surface area (Å²) in [5.41, 5.74) is -1.05. The first-order valence-corrected chi connectivity index (χ1v) is 10.9. The molecule has 29 heavy (non-hydrogen) atoms. The Morgan fingerprint density at radius 2 is 1.86 bits per heavy atom. The average molecular weight is 444 g/mol. The number of halogens is 1. The van der Waals surface area contributed by atoms with E-state index in [4.69, 9.17) is 4.74 Å². The Morgan fingerprint density at radius 3 is 2.45 bits per heavy atom. The molecule has 8 atom stereocenters. The topological polar surface area (TPSA) is 160 Å². The smallest absolute Gasteiger partial charge is 0.220 e. The van der Waals surface area contributed by atoms with Crippen LogP contribution >= 0.6 is 11.8 Å². The van der Waals surface area contributed by atoms with Gasteiger partial charge in [-0.3, -0.25) is 9.18 Å². The van der Waals surface area contributed by atoms with Crippen LogP contribution in [0.15, 0.2) is 0 Å². The van der Waals surface area contributed by atoms with Gasteiger partial charge >= 0.3 is 0 Å². The Morgan fingerprint density at radius 1 is 1.17 bits per heavy atom. The maximum absolute atomic E-state index is 12.5. The number of ether oxygens (including phenoxy) is 1. The van der Waals surface area contributed by atoms with Crippen LogP contribution in [0, 0.1) is 0 Å². The van der Waals surface area contributed by atoms with Crippen LogP contribution in [0.3, 0.4) is 0 Å². The van der Waals surface area contributed by atoms with E-state index in [0.717, 1.165) is 24.6 Å². The summed E-state index contributed by atoms with van der Waals surface area (Å²) in [7, 11) is 0. The number of aliphatic hydroxyl groups is 6. The van der Waals surface area contributed by atoms with Gasteiger partial charge in [-0.1, -0.05) is 19.8 Å². The molecule has 1 heterocycles. The Balaban J connectivity index is 2.75. The summed E-state index contributed by atoms with van der Waals surface area (Å²) in [4.78, 5) is 12.1. The van der Waals surface area contributed by atoms with Crippen molar-refractivity contribution in [2.45, 2.75) is 87.1 Å². The molecule has 0 aromatic heterocycles. The highest BCUT2D eigenvalue weighted by molar-refractivity contribution is 7.99. The van der Waals surface area contributed by atoms with Gasteiger partial charge in [-0.15, -0.1) is 11.8 Å². The van der Waals surface area contributed by atoms with Gasteiger partial charge < -0.3 is 40.7 Å². The van der Waals surface area contributed by atoms with E-state index < -0.39 is 61.4 Å². The van der Waals surface area contributed by atoms with Crippen molar-refractivity contribution in [1.82, 2.24) is 5.32 Å². The van der Waals surface area contributed by atoms with Crippen molar-refractivity contribution in [2.75, 3.05) is 19.0 Å². The van der Waals surface area contributed by atoms with E-state index in [-0.39, 0.29) is 24.5 Å². The molecule has 1 rings (SSSR count). The molecule has 0 aromatic carbocycles. The monoisotopic (exact) mass is 443 g/mol. The first-order valence-electron chi connectivity index (χ1n) is 9.90. The molecule has 0 spiro atoms. The lowest BCUT2D eigenvalue weighted by Gasteiger charge is -2.40. The molecule has 11 heteroatoms. The molecule has 0 bridgehead atoms. The SMILES string of the molecule is CCCCCC(=O)NC(CSC1OC(CO)C(O)C(O)C1O)C(O)C(O)CCF. The molecule has 1 fully saturated rings. The Labute approximate surface area is 174 Å². The average Bonchev–Trinajstić information content (AvgIpc) is 2.70. The molecule has 0 aliphatic carbocycles. The minimum Gasteiger partial charge on any atom is -0.394 e. The zero-order chi connectivity index (χ0) is 22.0. The van der Waals surface area contributed by atoms with E-state index in [0.29, 0.717) is 6.42 Å². The number of unbranched alkanes of at least 4 members (excludes halogenated alkanes) is 2. The Kier molecular flexibility index (Phi) is 12.5. The quantitative estimate of drug-likeness (QED) is 0.171. The second kappa shape index (κ2) is 13.7. The predicted molar refractivity (Wildman–Crippen MR) is 105 cm³/mol. The summed E-state index contributed by atoms with van der Waals surface area (Å²) < 4.78 is 17.9. The molecule has 7 N–H and O–H groups in total. The van der Waals surface area contributed by atoms with E-state index in [9.17, 15) is 39.8 Å². The summed E-state index contributed by atoms with van der Waals surface area (Å²) in [5, 5.41) is 61.9. The molecule has 0 aromatic rings. The van der Waals surface area contributed by atoms with Crippen LogP contribution in [0.5, 0.6) is 0 Å². The number of nitrogens with one attached hydrogen (secondary N) is 1. The van der Waals surface area contributed by atoms with Gasteiger partial charge in [0, 0.05) is 18.6 Å². The molecular weight excluding hydrogens is 409 g/mol. The molecule has 0 saturated carbocycles. The van der Waals surface area contributed by atoms with Crippen molar-refractivity contribution in [3.8, 4) is 0 Å². The first kappa shape index (κ1) is 26.5. The van der Waals surface area contributed by atoms with Crippen molar-refractivity contribution in [1.29, 1.82) is 0 Å². The van der Waals surface area contributed by atoms with Crippen LogP contribution in [-0.2, 0) is 9.53 Å². The molecule has 8 unspecified atom stereocenters. The second-order valence-corrected chi connectivity index (χ2v) is 8.33. The third-order valence-corrected chi connectivity index (χ3v) is 6.12. The van der Waals surface area contributed by atoms with Crippen molar-refractivity contribution >= 4 is 17.7 Å². The highest BCUT2D eigenvalue weighted by Crippen LogP contribution is 2.29. The maximum atomic E-state index is 12.5. The van der Waals surface area contributed by atoms with Crippen molar-refractivity contribution in [3.05, 3.63) is 0 Å². The predicted octanol–water partition coefficient (Wildman–Crippen LogP) is -1.33. The van der Waals surface area contributed by atoms with Gasteiger partial charge in [0.05, 0.1) is 25.4 Å². The second-order valence-electron chi connectivity index (χ2n) is 7.20. The summed E-state index contributed by atoms with van der Waals surface area (Å²) in [6.07, 6.45) is -6.00. The largest absolute Gasteiger partial charge is 0.394 e. The third kappa shape index (κ3) is 8.25. The summed E-state index contributed by atoms with van der Waals surface area (Å²) >= 11 is 0.939. The number of hydrogen-bond acceptors (Lipinski definition) is 9. The molecule has 0 radical (unpaired) electrons. The van der Waals surface area contributed by atoms with Gasteiger partial charge in [0.2, 0.25) is 5.91 Å². The van der Waals surface area contributed by atoms with Crippen molar-refractivity contribution in [2.24, 2.45) is 0 Å². The molecule has 1 aliphatic heterocycles. The Hall–Kier alpha value is -0.530. The number of thioether (sulfide) groups is 1. The third-order valence-electron chi connectivity index (χ3n) is 4.85. The van der Waals surface area contributed by atoms with Crippen LogP contribution in [-0.4, -0.2) is 104 Å². The van der Waals surface area contributed by atoms with E-state index in [1.54, 1.807) is 0 Å². The first-order chi connectivity index (χ1) is 13.8. The Bertz CT molecular complexity index is 475. The van der Waals surface area contributed by atoms with Crippen LogP contribution < -0.4 is 5.32 Å². The van der Waals surface area contributed by atoms with Gasteiger partial charge in [0.25, 0.3) is 0 Å². The fourth-order valence-corrected chi connectivity index (χ4v) is 4.25. The number of carbonyl (C=O) groups excluding carboxylic acids is 1. The minimum absolute atomic E-state index is 0.0211. The number of aliphatic hydroxyl groups excluding tert-OH is 6. The van der Waals surface area contributed by atoms with Gasteiger partial charge in [-0.05, 0) is 6.42 Å². The van der Waals surface area contributed by atoms with E-state index in [2.05, 4.69) is 5.32 Å². The molecule has 9 nitrogen and oxygen atoms in total. The molecule has 172 valence electrons. The lowest BCUT2D eigenvalue weighted by Crippen LogP contribution is -2.58. The molecule has 1 aliphatic rings. The van der Waals surface area contributed by atoms with Crippen molar-refractivity contribution < 1.29 is 44.6 Å². The van der Waals surface area contributed by atoms with Crippen LogP contribution in [0.25, 0.3) is 0 Å². The zero-order valence-corrected chi connectivity index (χ0v) is 17.4. The van der Waals surface area contributed by atoms with Gasteiger partial charge in [-0.25, -0.2) is 0 Å². The summed E-state index contributed by atoms with van der Waals surface area (Å²) in [6, 6.07) is -0.956.